The number of nitrogens with two attached hydrogens (primary N) is 1. The van der Waals surface area contributed by atoms with E-state index < -0.39 is 0 Å². The van der Waals surface area contributed by atoms with Crippen molar-refractivity contribution in [3.63, 3.8) is 0 Å². The first kappa shape index (κ1) is 10.6. The maximum atomic E-state index is 5.93. The van der Waals surface area contributed by atoms with Gasteiger partial charge in [-0.05, 0) is 26.0 Å². The van der Waals surface area contributed by atoms with Crippen molar-refractivity contribution >= 4 is 16.9 Å². The minimum absolute atomic E-state index is 0.349. The number of nitrogens with zero attached hydrogens (tertiary/aromatic N) is 5. The predicted molar refractivity (Wildman–Crippen MR) is 68.3 cm³/mol. The molecule has 0 saturated heterocycles. The third-order valence-electron chi connectivity index (χ3n) is 2.65. The summed E-state index contributed by atoms with van der Waals surface area (Å²) in [6.07, 6.45) is 0. The van der Waals surface area contributed by atoms with Crippen LogP contribution in [0.3, 0.4) is 0 Å². The van der Waals surface area contributed by atoms with Crippen LogP contribution in [0.5, 0.6) is 0 Å². The van der Waals surface area contributed by atoms with Gasteiger partial charge in [-0.25, -0.2) is 15.0 Å². The summed E-state index contributed by atoms with van der Waals surface area (Å²) in [5.41, 5.74) is 7.49. The van der Waals surface area contributed by atoms with Crippen LogP contribution in [-0.2, 0) is 0 Å². The highest BCUT2D eigenvalue weighted by atomic mass is 15.4. The number of hydrogen-bond donors (Lipinski definition) is 1. The van der Waals surface area contributed by atoms with Crippen LogP contribution >= 0.6 is 0 Å². The van der Waals surface area contributed by atoms with Gasteiger partial charge in [0.25, 0.3) is 0 Å². The summed E-state index contributed by atoms with van der Waals surface area (Å²) in [5, 5.41) is 4.27. The molecule has 18 heavy (non-hydrogen) atoms. The van der Waals surface area contributed by atoms with Crippen molar-refractivity contribution in [2.45, 2.75) is 13.8 Å². The summed E-state index contributed by atoms with van der Waals surface area (Å²) >= 11 is 0. The van der Waals surface area contributed by atoms with E-state index in [4.69, 9.17) is 5.73 Å². The first-order valence-corrected chi connectivity index (χ1v) is 5.58. The molecule has 6 heteroatoms. The smallest absolute Gasteiger partial charge is 0.198 e. The molecule has 0 saturated carbocycles. The zero-order chi connectivity index (χ0) is 12.7. The molecule has 0 spiro atoms. The summed E-state index contributed by atoms with van der Waals surface area (Å²) in [7, 11) is 0. The molecule has 0 radical (unpaired) electrons. The van der Waals surface area contributed by atoms with Crippen molar-refractivity contribution in [3.05, 3.63) is 35.9 Å². The second-order valence-corrected chi connectivity index (χ2v) is 4.04. The SMILES string of the molecule is Cc1nc(C)n(-c2nc3ccccc3nc2N)n1. The summed E-state index contributed by atoms with van der Waals surface area (Å²) in [6.45, 7) is 3.68. The molecule has 0 aliphatic rings. The molecule has 0 unspecified atom stereocenters. The van der Waals surface area contributed by atoms with Crippen molar-refractivity contribution in [1.82, 2.24) is 24.7 Å². The van der Waals surface area contributed by atoms with Gasteiger partial charge in [-0.2, -0.15) is 4.68 Å². The van der Waals surface area contributed by atoms with E-state index in [1.165, 1.54) is 0 Å². The molecule has 2 heterocycles. The van der Waals surface area contributed by atoms with Crippen LogP contribution in [0.4, 0.5) is 5.82 Å². The third-order valence-corrected chi connectivity index (χ3v) is 2.65. The molecule has 0 fully saturated rings. The Morgan fingerprint density at radius 1 is 1.00 bits per heavy atom. The molecule has 3 aromatic rings. The zero-order valence-corrected chi connectivity index (χ0v) is 10.1. The van der Waals surface area contributed by atoms with Crippen LogP contribution in [0.2, 0.25) is 0 Å². The Balaban J connectivity index is 2.29. The van der Waals surface area contributed by atoms with Gasteiger partial charge in [0.2, 0.25) is 0 Å². The standard InChI is InChI=1S/C12H12N6/c1-7-14-8(2)18(17-7)12-11(13)15-9-5-3-4-6-10(9)16-12/h3-6H,1-2H3,(H2,13,15). The molecule has 0 aliphatic heterocycles. The summed E-state index contributed by atoms with van der Waals surface area (Å²) in [4.78, 5) is 13.1. The predicted octanol–water partition coefficient (Wildman–Crippen LogP) is 1.41. The molecule has 3 rings (SSSR count). The number of para-hydroxylation sites is 2. The van der Waals surface area contributed by atoms with Crippen LogP contribution in [-0.4, -0.2) is 24.7 Å². The quantitative estimate of drug-likeness (QED) is 0.695. The van der Waals surface area contributed by atoms with E-state index >= 15 is 0 Å². The Morgan fingerprint density at radius 3 is 2.28 bits per heavy atom. The largest absolute Gasteiger partial charge is 0.381 e. The Bertz CT molecular complexity index is 731. The Morgan fingerprint density at radius 2 is 1.67 bits per heavy atom. The Hall–Kier alpha value is -2.50. The summed E-state index contributed by atoms with van der Waals surface area (Å²) < 4.78 is 1.62. The number of aryl methyl sites for hydroxylation is 2. The average Bonchev–Trinajstić information content (AvgIpc) is 2.67. The average molecular weight is 240 g/mol. The van der Waals surface area contributed by atoms with Gasteiger partial charge in [0.05, 0.1) is 11.0 Å². The molecule has 2 N–H and O–H groups in total. The second kappa shape index (κ2) is 3.76. The monoisotopic (exact) mass is 240 g/mol. The van der Waals surface area contributed by atoms with E-state index in [0.717, 1.165) is 16.9 Å². The van der Waals surface area contributed by atoms with E-state index in [1.54, 1.807) is 4.68 Å². The van der Waals surface area contributed by atoms with Crippen molar-refractivity contribution in [3.8, 4) is 5.82 Å². The number of aromatic nitrogens is 5. The molecule has 2 aromatic heterocycles. The van der Waals surface area contributed by atoms with Crippen molar-refractivity contribution in [2.75, 3.05) is 5.73 Å². The third kappa shape index (κ3) is 1.58. The van der Waals surface area contributed by atoms with Crippen molar-refractivity contribution in [1.29, 1.82) is 0 Å². The normalized spacial score (nSPS) is 11.0. The van der Waals surface area contributed by atoms with Gasteiger partial charge in [0.1, 0.15) is 11.6 Å². The fourth-order valence-electron chi connectivity index (χ4n) is 1.88. The zero-order valence-electron chi connectivity index (χ0n) is 10.1. The highest BCUT2D eigenvalue weighted by Gasteiger charge is 2.12. The van der Waals surface area contributed by atoms with Gasteiger partial charge < -0.3 is 5.73 Å². The van der Waals surface area contributed by atoms with Gasteiger partial charge in [-0.1, -0.05) is 12.1 Å². The first-order chi connectivity index (χ1) is 8.65. The van der Waals surface area contributed by atoms with E-state index in [1.807, 2.05) is 38.1 Å². The van der Waals surface area contributed by atoms with Crippen molar-refractivity contribution < 1.29 is 0 Å². The number of benzene rings is 1. The fraction of sp³-hybridized carbons (Fsp3) is 0.167. The molecular weight excluding hydrogens is 228 g/mol. The van der Waals surface area contributed by atoms with E-state index in [2.05, 4.69) is 20.1 Å². The maximum absolute atomic E-state index is 5.93. The lowest BCUT2D eigenvalue weighted by atomic mass is 10.3. The van der Waals surface area contributed by atoms with Crippen LogP contribution in [0.1, 0.15) is 11.6 Å². The fourth-order valence-corrected chi connectivity index (χ4v) is 1.88. The van der Waals surface area contributed by atoms with E-state index in [-0.39, 0.29) is 0 Å². The number of nitrogen functional groups attached to an aromatic ring is 1. The molecule has 1 aromatic carbocycles. The number of anilines is 1. The summed E-state index contributed by atoms with van der Waals surface area (Å²) in [6, 6.07) is 7.59. The lowest BCUT2D eigenvalue weighted by Gasteiger charge is -2.06. The Labute approximate surface area is 104 Å². The second-order valence-electron chi connectivity index (χ2n) is 4.04. The number of fused-ring (bicyclic) bond motifs is 1. The van der Waals surface area contributed by atoms with Gasteiger partial charge in [-0.15, -0.1) is 5.10 Å². The minimum atomic E-state index is 0.349. The van der Waals surface area contributed by atoms with Gasteiger partial charge in [0.15, 0.2) is 11.6 Å². The molecule has 0 atom stereocenters. The Kier molecular flexibility index (Phi) is 2.22. The topological polar surface area (TPSA) is 82.5 Å². The van der Waals surface area contributed by atoms with E-state index in [9.17, 15) is 0 Å². The lowest BCUT2D eigenvalue weighted by Crippen LogP contribution is -2.08. The molecule has 0 aliphatic carbocycles. The summed E-state index contributed by atoms with van der Waals surface area (Å²) in [5.74, 6) is 2.29. The van der Waals surface area contributed by atoms with Gasteiger partial charge in [0, 0.05) is 0 Å². The molecular formula is C12H12N6. The lowest BCUT2D eigenvalue weighted by molar-refractivity contribution is 0.806. The highest BCUT2D eigenvalue weighted by molar-refractivity contribution is 5.77. The minimum Gasteiger partial charge on any atom is -0.381 e. The molecule has 0 bridgehead atoms. The van der Waals surface area contributed by atoms with Crippen molar-refractivity contribution in [2.24, 2.45) is 0 Å². The van der Waals surface area contributed by atoms with Gasteiger partial charge in [-0.3, -0.25) is 0 Å². The highest BCUT2D eigenvalue weighted by Crippen LogP contribution is 2.18. The molecule has 90 valence electrons. The van der Waals surface area contributed by atoms with Crippen LogP contribution in [0.25, 0.3) is 16.9 Å². The van der Waals surface area contributed by atoms with Crippen LogP contribution in [0, 0.1) is 13.8 Å². The molecule has 0 amide bonds. The maximum Gasteiger partial charge on any atom is 0.198 e. The van der Waals surface area contributed by atoms with Crippen LogP contribution < -0.4 is 5.73 Å². The number of rotatable bonds is 1. The molecule has 6 nitrogen and oxygen atoms in total. The van der Waals surface area contributed by atoms with Gasteiger partial charge >= 0.3 is 0 Å². The number of hydrogen-bond acceptors (Lipinski definition) is 5. The van der Waals surface area contributed by atoms with Crippen LogP contribution in [0.15, 0.2) is 24.3 Å². The van der Waals surface area contributed by atoms with E-state index in [0.29, 0.717) is 17.5 Å². The first-order valence-electron chi connectivity index (χ1n) is 5.58.